The lowest BCUT2D eigenvalue weighted by Crippen LogP contribution is -1.93. The van der Waals surface area contributed by atoms with E-state index in [1.807, 2.05) is 48.5 Å². The molecule has 0 fully saturated rings. The zero-order valence-corrected chi connectivity index (χ0v) is 35.0. The zero-order valence-electron chi connectivity index (χ0n) is 33.4. The van der Waals surface area contributed by atoms with Gasteiger partial charge in [0.05, 0.1) is 45.3 Å². The maximum atomic E-state index is 9.51. The summed E-state index contributed by atoms with van der Waals surface area (Å²) in [6, 6.07) is 69.1. The predicted molar refractivity (Wildman–Crippen MR) is 273 cm³/mol. The Balaban J connectivity index is 0.000000341. The number of aromatic nitrogens is 2. The summed E-state index contributed by atoms with van der Waals surface area (Å²) in [6.07, 6.45) is 0. The maximum absolute atomic E-state index is 9.51. The van der Waals surface area contributed by atoms with Gasteiger partial charge in [0, 0.05) is 68.9 Å². The normalized spacial score (nSPS) is 11.5. The number of nitriles is 2. The molecule has 4 aromatic heterocycles. The summed E-state index contributed by atoms with van der Waals surface area (Å²) in [5.41, 5.74) is 13.8. The molecule has 0 atom stereocenters. The highest BCUT2D eigenvalue weighted by Crippen LogP contribution is 2.40. The van der Waals surface area contributed by atoms with Crippen molar-refractivity contribution in [3.05, 3.63) is 204 Å². The second kappa shape index (κ2) is 14.4. The van der Waals surface area contributed by atoms with Gasteiger partial charge in [-0.25, -0.2) is 0 Å². The van der Waals surface area contributed by atoms with Gasteiger partial charge in [-0.05, 0) is 132 Å². The SMILES string of the molecule is N#Cc1ccc2oc3ccc(-n4c5ccccc5c5cc(-c6ccc7c(c6)c6ccccc6n7-c6ccccc6)ccc54)cc3c2c1.N#Cc1ccc2oc3ccc(Br)cc3c2c1.[HH].[HH].[HH].[HH].[HH].[HH].[HH]. The van der Waals surface area contributed by atoms with Crippen LogP contribution in [-0.2, 0) is 0 Å². The van der Waals surface area contributed by atoms with Crippen LogP contribution < -0.4 is 0 Å². The van der Waals surface area contributed by atoms with Crippen molar-refractivity contribution in [1.29, 1.82) is 10.5 Å². The third-order valence-corrected chi connectivity index (χ3v) is 12.6. The van der Waals surface area contributed by atoms with Gasteiger partial charge in [0.2, 0.25) is 0 Å². The van der Waals surface area contributed by atoms with E-state index in [0.717, 1.165) is 70.8 Å². The van der Waals surface area contributed by atoms with Gasteiger partial charge >= 0.3 is 0 Å². The molecular weight excluding hydrogens is 841 g/mol. The predicted octanol–water partition coefficient (Wildman–Crippen LogP) is 17.3. The molecule has 0 spiro atoms. The summed E-state index contributed by atoms with van der Waals surface area (Å²) >= 11 is 3.43. The first kappa shape index (κ1) is 36.5. The minimum absolute atomic E-state index is 0. The van der Waals surface area contributed by atoms with Crippen molar-refractivity contribution in [3.63, 3.8) is 0 Å². The summed E-state index contributed by atoms with van der Waals surface area (Å²) in [5, 5.41) is 27.2. The largest absolute Gasteiger partial charge is 0.456 e. The number of fused-ring (bicyclic) bond motifs is 12. The van der Waals surface area contributed by atoms with Crippen LogP contribution in [0.15, 0.2) is 201 Å². The van der Waals surface area contributed by atoms with E-state index in [2.05, 4.69) is 165 Å². The molecule has 0 aliphatic rings. The van der Waals surface area contributed by atoms with Crippen LogP contribution in [0.25, 0.3) is 110 Å². The number of hydrogen-bond donors (Lipinski definition) is 0. The number of nitrogens with zero attached hydrogens (tertiary/aromatic N) is 4. The van der Waals surface area contributed by atoms with E-state index in [1.165, 1.54) is 43.7 Å². The molecule has 4 heterocycles. The molecule has 308 valence electrons. The van der Waals surface area contributed by atoms with Gasteiger partial charge in [0.25, 0.3) is 0 Å². The van der Waals surface area contributed by atoms with Gasteiger partial charge in [-0.1, -0.05) is 82.7 Å². The van der Waals surface area contributed by atoms with Crippen LogP contribution in [0.5, 0.6) is 0 Å². The van der Waals surface area contributed by atoms with E-state index in [1.54, 1.807) is 12.1 Å². The Labute approximate surface area is 378 Å². The molecule has 0 aliphatic carbocycles. The first-order valence-corrected chi connectivity index (χ1v) is 21.3. The molecule has 0 N–H and O–H groups in total. The highest BCUT2D eigenvalue weighted by Gasteiger charge is 2.17. The number of para-hydroxylation sites is 3. The van der Waals surface area contributed by atoms with Crippen molar-refractivity contribution in [1.82, 2.24) is 9.13 Å². The molecule has 0 amide bonds. The van der Waals surface area contributed by atoms with Gasteiger partial charge in [-0.3, -0.25) is 0 Å². The van der Waals surface area contributed by atoms with E-state index < -0.39 is 0 Å². The molecule has 0 radical (unpaired) electrons. The van der Waals surface area contributed by atoms with Gasteiger partial charge in [0.1, 0.15) is 22.3 Å². The third kappa shape index (κ3) is 5.90. The van der Waals surface area contributed by atoms with Crippen molar-refractivity contribution in [2.45, 2.75) is 0 Å². The molecule has 63 heavy (non-hydrogen) atoms. The number of rotatable bonds is 3. The summed E-state index contributed by atoms with van der Waals surface area (Å²) in [6.45, 7) is 0. The van der Waals surface area contributed by atoms with Crippen LogP contribution in [-0.4, -0.2) is 9.13 Å². The Bertz CT molecular complexity index is 4110. The first-order chi connectivity index (χ1) is 31.0. The maximum Gasteiger partial charge on any atom is 0.135 e. The fourth-order valence-corrected chi connectivity index (χ4v) is 9.59. The monoisotopic (exact) mass is 884 g/mol. The van der Waals surface area contributed by atoms with Crippen LogP contribution in [0, 0.1) is 22.7 Å². The quantitative estimate of drug-likeness (QED) is 0.177. The lowest BCUT2D eigenvalue weighted by molar-refractivity contribution is 0.668. The number of benzene rings is 9. The van der Waals surface area contributed by atoms with Crippen LogP contribution in [0.3, 0.4) is 0 Å². The number of furan rings is 2. The minimum Gasteiger partial charge on any atom is -0.456 e. The molecule has 0 saturated heterocycles. The summed E-state index contributed by atoms with van der Waals surface area (Å²) < 4.78 is 17.5. The molecule has 13 aromatic rings. The summed E-state index contributed by atoms with van der Waals surface area (Å²) in [5.74, 6) is 0. The second-order valence-corrected chi connectivity index (χ2v) is 16.6. The Hall–Kier alpha value is -8.36. The van der Waals surface area contributed by atoms with Crippen molar-refractivity contribution in [2.24, 2.45) is 0 Å². The van der Waals surface area contributed by atoms with E-state index in [9.17, 15) is 5.26 Å². The van der Waals surface area contributed by atoms with Crippen molar-refractivity contribution in [3.8, 4) is 34.6 Å². The minimum atomic E-state index is 0. The van der Waals surface area contributed by atoms with Crippen LogP contribution >= 0.6 is 15.9 Å². The lowest BCUT2D eigenvalue weighted by atomic mass is 10.0. The number of hydrogen-bond acceptors (Lipinski definition) is 4. The average molecular weight is 886 g/mol. The Morgan fingerprint density at radius 1 is 0.365 bits per heavy atom. The molecular formula is C56H45BrN4O2. The van der Waals surface area contributed by atoms with Gasteiger partial charge in [0.15, 0.2) is 0 Å². The van der Waals surface area contributed by atoms with E-state index in [0.29, 0.717) is 11.1 Å². The van der Waals surface area contributed by atoms with E-state index >= 15 is 0 Å². The molecule has 6 nitrogen and oxygen atoms in total. The Morgan fingerprint density at radius 2 is 0.810 bits per heavy atom. The number of halogens is 1. The first-order valence-electron chi connectivity index (χ1n) is 20.5. The molecule has 0 saturated carbocycles. The fraction of sp³-hybridized carbons (Fsp3) is 0. The van der Waals surface area contributed by atoms with Crippen molar-refractivity contribution in [2.75, 3.05) is 0 Å². The second-order valence-electron chi connectivity index (χ2n) is 15.7. The highest BCUT2D eigenvalue weighted by atomic mass is 79.9. The highest BCUT2D eigenvalue weighted by molar-refractivity contribution is 9.10. The zero-order chi connectivity index (χ0) is 42.2. The van der Waals surface area contributed by atoms with Crippen LogP contribution in [0.2, 0.25) is 0 Å². The third-order valence-electron chi connectivity index (χ3n) is 12.1. The molecule has 9 aromatic carbocycles. The van der Waals surface area contributed by atoms with Crippen LogP contribution in [0.1, 0.15) is 21.1 Å². The van der Waals surface area contributed by atoms with E-state index in [-0.39, 0.29) is 9.99 Å². The smallest absolute Gasteiger partial charge is 0.135 e. The Kier molecular flexibility index (Phi) is 8.33. The standard InChI is InChI=1S/C43H25N3O.C13H6BrNO.7H2/c44-26-27-14-20-42-36(22-27)37-25-31(17-21-43(37)47-42)46-39-13-7-5-11-33(39)35-24-29(16-19-41(35)46)28-15-18-40-34(23-28)32-10-4-6-12-38(32)45(40)30-8-2-1-3-9-30;14-9-2-4-13-11(6-9)10-5-8(7-15)1-3-12(10)16-13;;;;;;;/h1-25H;1-6H;7*1H. The summed E-state index contributed by atoms with van der Waals surface area (Å²) in [7, 11) is 0. The van der Waals surface area contributed by atoms with Gasteiger partial charge in [-0.15, -0.1) is 0 Å². The molecule has 0 bridgehead atoms. The average Bonchev–Trinajstić information content (AvgIpc) is 4.08. The van der Waals surface area contributed by atoms with Crippen molar-refractivity contribution >= 4 is 103 Å². The Morgan fingerprint density at radius 3 is 1.37 bits per heavy atom. The van der Waals surface area contributed by atoms with Gasteiger partial charge in [-0.2, -0.15) is 10.5 Å². The molecule has 7 heteroatoms. The fourth-order valence-electron chi connectivity index (χ4n) is 9.23. The molecule has 0 unspecified atom stereocenters. The van der Waals surface area contributed by atoms with Crippen LogP contribution in [0.4, 0.5) is 0 Å². The summed E-state index contributed by atoms with van der Waals surface area (Å²) in [4.78, 5) is 0. The van der Waals surface area contributed by atoms with Crippen molar-refractivity contribution < 1.29 is 18.8 Å². The van der Waals surface area contributed by atoms with E-state index in [4.69, 9.17) is 14.1 Å². The lowest BCUT2D eigenvalue weighted by Gasteiger charge is -2.09. The topological polar surface area (TPSA) is 83.7 Å². The molecule has 13 rings (SSSR count). The molecule has 0 aliphatic heterocycles. The van der Waals surface area contributed by atoms with Gasteiger partial charge < -0.3 is 18.0 Å².